The molecule has 0 radical (unpaired) electrons. The minimum Gasteiger partial charge on any atom is -0.280 e. The molecule has 0 saturated carbocycles. The molecule has 100 valence electrons. The van der Waals surface area contributed by atoms with Crippen LogP contribution in [-0.4, -0.2) is 8.42 Å². The molecule has 2 rings (SSSR count). The van der Waals surface area contributed by atoms with Crippen LogP contribution < -0.4 is 4.72 Å². The first-order valence-electron chi connectivity index (χ1n) is 5.12. The van der Waals surface area contributed by atoms with Crippen LogP contribution in [0.5, 0.6) is 0 Å². The Labute approximate surface area is 126 Å². The van der Waals surface area contributed by atoms with Crippen molar-refractivity contribution in [3.63, 3.8) is 0 Å². The van der Waals surface area contributed by atoms with E-state index in [4.69, 9.17) is 34.8 Å². The lowest BCUT2D eigenvalue weighted by Crippen LogP contribution is -2.13. The number of benzene rings is 2. The molecule has 0 atom stereocenters. The highest BCUT2D eigenvalue weighted by molar-refractivity contribution is 7.92. The Morgan fingerprint density at radius 1 is 0.895 bits per heavy atom. The number of sulfonamides is 1. The molecule has 2 aromatic carbocycles. The zero-order valence-electron chi connectivity index (χ0n) is 9.40. The standard InChI is InChI=1S/C12H8Cl3NO2S/c13-8-2-1-3-10(6-8)16-19(17,18)12-7-9(14)4-5-11(12)15/h1-7,16H. The topological polar surface area (TPSA) is 46.2 Å². The highest BCUT2D eigenvalue weighted by Gasteiger charge is 2.18. The molecule has 1 N–H and O–H groups in total. The van der Waals surface area contributed by atoms with Crippen molar-refractivity contribution in [1.82, 2.24) is 0 Å². The van der Waals surface area contributed by atoms with Gasteiger partial charge in [-0.3, -0.25) is 4.72 Å². The van der Waals surface area contributed by atoms with Crippen molar-refractivity contribution in [2.45, 2.75) is 4.90 Å². The molecular weight excluding hydrogens is 329 g/mol. The number of rotatable bonds is 3. The summed E-state index contributed by atoms with van der Waals surface area (Å²) < 4.78 is 26.8. The Morgan fingerprint density at radius 3 is 2.26 bits per heavy atom. The minimum atomic E-state index is -3.81. The number of hydrogen-bond donors (Lipinski definition) is 1. The van der Waals surface area contributed by atoms with Gasteiger partial charge in [-0.25, -0.2) is 8.42 Å². The van der Waals surface area contributed by atoms with Gasteiger partial charge in [-0.15, -0.1) is 0 Å². The van der Waals surface area contributed by atoms with E-state index < -0.39 is 10.0 Å². The fraction of sp³-hybridized carbons (Fsp3) is 0. The van der Waals surface area contributed by atoms with Gasteiger partial charge in [0.2, 0.25) is 0 Å². The first-order valence-corrected chi connectivity index (χ1v) is 7.73. The smallest absolute Gasteiger partial charge is 0.263 e. The third-order valence-electron chi connectivity index (χ3n) is 2.26. The fourth-order valence-electron chi connectivity index (χ4n) is 1.45. The Kier molecular flexibility index (Phi) is 4.26. The van der Waals surface area contributed by atoms with Crippen molar-refractivity contribution < 1.29 is 8.42 Å². The van der Waals surface area contributed by atoms with Gasteiger partial charge in [0.05, 0.1) is 10.7 Å². The maximum atomic E-state index is 12.2. The molecule has 3 nitrogen and oxygen atoms in total. The summed E-state index contributed by atoms with van der Waals surface area (Å²) >= 11 is 17.4. The molecule has 0 aliphatic rings. The molecule has 0 aromatic heterocycles. The molecule has 19 heavy (non-hydrogen) atoms. The molecule has 0 aliphatic heterocycles. The lowest BCUT2D eigenvalue weighted by atomic mass is 10.3. The minimum absolute atomic E-state index is 0.0818. The van der Waals surface area contributed by atoms with Gasteiger partial charge >= 0.3 is 0 Å². The number of anilines is 1. The normalized spacial score (nSPS) is 11.3. The van der Waals surface area contributed by atoms with Gasteiger partial charge in [-0.05, 0) is 36.4 Å². The molecule has 0 amide bonds. The van der Waals surface area contributed by atoms with Gasteiger partial charge in [0.1, 0.15) is 4.90 Å². The van der Waals surface area contributed by atoms with Crippen LogP contribution in [0.25, 0.3) is 0 Å². The number of nitrogens with one attached hydrogen (secondary N) is 1. The summed E-state index contributed by atoms with van der Waals surface area (Å²) in [5, 5.41) is 0.812. The second kappa shape index (κ2) is 5.59. The third-order valence-corrected chi connectivity index (χ3v) is 4.59. The van der Waals surface area contributed by atoms with Crippen LogP contribution in [0.1, 0.15) is 0 Å². The Morgan fingerprint density at radius 2 is 1.58 bits per heavy atom. The van der Waals surface area contributed by atoms with E-state index in [1.165, 1.54) is 24.3 Å². The van der Waals surface area contributed by atoms with Crippen LogP contribution in [0, 0.1) is 0 Å². The summed E-state index contributed by atoms with van der Waals surface area (Å²) in [6, 6.07) is 10.6. The Balaban J connectivity index is 2.40. The molecular formula is C12H8Cl3NO2S. The zero-order valence-corrected chi connectivity index (χ0v) is 12.5. The van der Waals surface area contributed by atoms with Crippen molar-refractivity contribution in [2.75, 3.05) is 4.72 Å². The highest BCUT2D eigenvalue weighted by Crippen LogP contribution is 2.27. The number of hydrogen-bond acceptors (Lipinski definition) is 2. The van der Waals surface area contributed by atoms with Crippen molar-refractivity contribution in [2.24, 2.45) is 0 Å². The Bertz CT molecular complexity index is 717. The maximum Gasteiger partial charge on any atom is 0.263 e. The average Bonchev–Trinajstić information content (AvgIpc) is 2.31. The first kappa shape index (κ1) is 14.5. The van der Waals surface area contributed by atoms with Crippen LogP contribution >= 0.6 is 34.8 Å². The number of halogens is 3. The van der Waals surface area contributed by atoms with E-state index >= 15 is 0 Å². The predicted octanol–water partition coefficient (Wildman–Crippen LogP) is 4.45. The molecule has 2 aromatic rings. The second-order valence-electron chi connectivity index (χ2n) is 3.69. The summed E-state index contributed by atoms with van der Waals surface area (Å²) in [5.74, 6) is 0. The van der Waals surface area contributed by atoms with Gasteiger partial charge in [0, 0.05) is 10.0 Å². The molecule has 0 saturated heterocycles. The molecule has 0 unspecified atom stereocenters. The van der Waals surface area contributed by atoms with Crippen LogP contribution in [-0.2, 0) is 10.0 Å². The molecule has 0 bridgehead atoms. The van der Waals surface area contributed by atoms with E-state index in [1.54, 1.807) is 18.2 Å². The lowest BCUT2D eigenvalue weighted by Gasteiger charge is -2.10. The van der Waals surface area contributed by atoms with Gasteiger partial charge in [0.25, 0.3) is 10.0 Å². The lowest BCUT2D eigenvalue weighted by molar-refractivity contribution is 0.601. The van der Waals surface area contributed by atoms with Crippen LogP contribution in [0.4, 0.5) is 5.69 Å². The summed E-state index contributed by atoms with van der Waals surface area (Å²) in [6.45, 7) is 0. The quantitative estimate of drug-likeness (QED) is 0.900. The second-order valence-corrected chi connectivity index (χ2v) is 6.62. The van der Waals surface area contributed by atoms with Crippen molar-refractivity contribution in [3.05, 3.63) is 57.5 Å². The summed E-state index contributed by atoms with van der Waals surface area (Å²) in [7, 11) is -3.81. The van der Waals surface area contributed by atoms with Crippen molar-refractivity contribution >= 4 is 50.5 Å². The average molecular weight is 337 g/mol. The Hall–Kier alpha value is -0.940. The first-order chi connectivity index (χ1) is 8.88. The third kappa shape index (κ3) is 3.54. The van der Waals surface area contributed by atoms with E-state index in [-0.39, 0.29) is 14.9 Å². The maximum absolute atomic E-state index is 12.2. The van der Waals surface area contributed by atoms with E-state index in [0.717, 1.165) is 0 Å². The molecule has 0 aliphatic carbocycles. The van der Waals surface area contributed by atoms with E-state index in [1.807, 2.05) is 0 Å². The summed E-state index contributed by atoms with van der Waals surface area (Å²) in [4.78, 5) is -0.0818. The van der Waals surface area contributed by atoms with E-state index in [2.05, 4.69) is 4.72 Å². The van der Waals surface area contributed by atoms with Crippen LogP contribution in [0.15, 0.2) is 47.4 Å². The van der Waals surface area contributed by atoms with Gasteiger partial charge in [-0.2, -0.15) is 0 Å². The molecule has 0 spiro atoms. The summed E-state index contributed by atoms with van der Waals surface area (Å²) in [5.41, 5.74) is 0.351. The largest absolute Gasteiger partial charge is 0.280 e. The predicted molar refractivity (Wildman–Crippen MR) is 78.7 cm³/mol. The monoisotopic (exact) mass is 335 g/mol. The van der Waals surface area contributed by atoms with Gasteiger partial charge in [0.15, 0.2) is 0 Å². The van der Waals surface area contributed by atoms with Gasteiger partial charge in [-0.1, -0.05) is 40.9 Å². The van der Waals surface area contributed by atoms with Crippen molar-refractivity contribution in [1.29, 1.82) is 0 Å². The fourth-order valence-corrected chi connectivity index (χ4v) is 3.45. The van der Waals surface area contributed by atoms with Crippen molar-refractivity contribution in [3.8, 4) is 0 Å². The summed E-state index contributed by atoms with van der Waals surface area (Å²) in [6.07, 6.45) is 0. The highest BCUT2D eigenvalue weighted by atomic mass is 35.5. The molecule has 7 heteroatoms. The van der Waals surface area contributed by atoms with Crippen LogP contribution in [0.2, 0.25) is 15.1 Å². The van der Waals surface area contributed by atoms with E-state index in [0.29, 0.717) is 10.7 Å². The molecule has 0 heterocycles. The zero-order chi connectivity index (χ0) is 14.0. The van der Waals surface area contributed by atoms with Crippen LogP contribution in [0.3, 0.4) is 0 Å². The van der Waals surface area contributed by atoms with E-state index in [9.17, 15) is 8.42 Å². The SMILES string of the molecule is O=S(=O)(Nc1cccc(Cl)c1)c1cc(Cl)ccc1Cl. The molecule has 0 fully saturated rings. The van der Waals surface area contributed by atoms with Gasteiger partial charge < -0.3 is 0 Å².